The molecule has 0 radical (unpaired) electrons. The molecule has 0 spiro atoms. The van der Waals surface area contributed by atoms with Gasteiger partial charge in [0.1, 0.15) is 11.9 Å². The molecule has 106 valence electrons. The highest BCUT2D eigenvalue weighted by molar-refractivity contribution is 5.88. The van der Waals surface area contributed by atoms with Crippen LogP contribution in [0.3, 0.4) is 0 Å². The van der Waals surface area contributed by atoms with Crippen molar-refractivity contribution in [2.75, 3.05) is 0 Å². The highest BCUT2D eigenvalue weighted by Crippen LogP contribution is 2.37. The van der Waals surface area contributed by atoms with Crippen LogP contribution in [0, 0.1) is 5.41 Å². The highest BCUT2D eigenvalue weighted by Gasteiger charge is 2.34. The van der Waals surface area contributed by atoms with Crippen LogP contribution in [0.25, 0.3) is 10.8 Å². The van der Waals surface area contributed by atoms with Crippen molar-refractivity contribution in [2.45, 2.75) is 45.3 Å². The van der Waals surface area contributed by atoms with E-state index in [2.05, 4.69) is 56.3 Å². The first-order valence-corrected chi connectivity index (χ1v) is 7.45. The van der Waals surface area contributed by atoms with Gasteiger partial charge in [-0.3, -0.25) is 0 Å². The van der Waals surface area contributed by atoms with Gasteiger partial charge < -0.3 is 10.5 Å². The molecule has 0 aliphatic heterocycles. The summed E-state index contributed by atoms with van der Waals surface area (Å²) in [4.78, 5) is 0. The van der Waals surface area contributed by atoms with Gasteiger partial charge >= 0.3 is 0 Å². The van der Waals surface area contributed by atoms with Crippen LogP contribution < -0.4 is 10.5 Å². The van der Waals surface area contributed by atoms with E-state index in [0.717, 1.165) is 18.6 Å². The van der Waals surface area contributed by atoms with E-state index in [0.29, 0.717) is 5.41 Å². The SMILES string of the molecule is CC1(C)CCC(N)C(Oc2cccc3ccccc23)C1. The minimum Gasteiger partial charge on any atom is -0.488 e. The quantitative estimate of drug-likeness (QED) is 0.890. The van der Waals surface area contributed by atoms with Crippen molar-refractivity contribution >= 4 is 10.8 Å². The Morgan fingerprint density at radius 2 is 1.85 bits per heavy atom. The summed E-state index contributed by atoms with van der Waals surface area (Å²) < 4.78 is 6.29. The molecule has 2 atom stereocenters. The molecule has 1 fully saturated rings. The molecule has 0 aromatic heterocycles. The maximum Gasteiger partial charge on any atom is 0.127 e. The largest absolute Gasteiger partial charge is 0.488 e. The Labute approximate surface area is 120 Å². The predicted octanol–water partition coefficient (Wildman–Crippen LogP) is 4.12. The van der Waals surface area contributed by atoms with Gasteiger partial charge in [-0.15, -0.1) is 0 Å². The van der Waals surface area contributed by atoms with Crippen LogP contribution in [0.4, 0.5) is 0 Å². The van der Waals surface area contributed by atoms with Gasteiger partial charge in [-0.05, 0) is 36.1 Å². The first-order chi connectivity index (χ1) is 9.55. The molecule has 0 bridgehead atoms. The number of fused-ring (bicyclic) bond motifs is 1. The Morgan fingerprint density at radius 3 is 2.70 bits per heavy atom. The van der Waals surface area contributed by atoms with Crippen LogP contribution in [-0.4, -0.2) is 12.1 Å². The number of rotatable bonds is 2. The molecule has 0 heterocycles. The van der Waals surface area contributed by atoms with E-state index in [4.69, 9.17) is 10.5 Å². The summed E-state index contributed by atoms with van der Waals surface area (Å²) in [6.07, 6.45) is 3.37. The summed E-state index contributed by atoms with van der Waals surface area (Å²) in [5.74, 6) is 0.959. The van der Waals surface area contributed by atoms with Crippen molar-refractivity contribution < 1.29 is 4.74 Å². The second kappa shape index (κ2) is 5.10. The lowest BCUT2D eigenvalue weighted by molar-refractivity contribution is 0.0680. The molecule has 1 aliphatic carbocycles. The normalized spacial score (nSPS) is 25.6. The topological polar surface area (TPSA) is 35.2 Å². The summed E-state index contributed by atoms with van der Waals surface area (Å²) in [5, 5.41) is 2.39. The van der Waals surface area contributed by atoms with Gasteiger partial charge in [0.15, 0.2) is 0 Å². The molecule has 3 rings (SSSR count). The molecule has 2 aromatic rings. The van der Waals surface area contributed by atoms with Gasteiger partial charge in [0.2, 0.25) is 0 Å². The van der Waals surface area contributed by atoms with Crippen molar-refractivity contribution in [3.8, 4) is 5.75 Å². The van der Waals surface area contributed by atoms with Gasteiger partial charge in [0, 0.05) is 11.4 Å². The van der Waals surface area contributed by atoms with Crippen LogP contribution in [-0.2, 0) is 0 Å². The average Bonchev–Trinajstić information content (AvgIpc) is 2.43. The van der Waals surface area contributed by atoms with Gasteiger partial charge in [-0.25, -0.2) is 0 Å². The van der Waals surface area contributed by atoms with Crippen molar-refractivity contribution in [2.24, 2.45) is 11.1 Å². The van der Waals surface area contributed by atoms with Crippen molar-refractivity contribution in [1.82, 2.24) is 0 Å². The van der Waals surface area contributed by atoms with Crippen LogP contribution in [0.1, 0.15) is 33.1 Å². The Kier molecular flexibility index (Phi) is 3.43. The monoisotopic (exact) mass is 269 g/mol. The summed E-state index contributed by atoms with van der Waals surface area (Å²) in [6.45, 7) is 4.61. The molecule has 2 aromatic carbocycles. The van der Waals surface area contributed by atoms with Crippen LogP contribution in [0.15, 0.2) is 42.5 Å². The number of hydrogen-bond acceptors (Lipinski definition) is 2. The minimum atomic E-state index is 0.115. The fraction of sp³-hybridized carbons (Fsp3) is 0.444. The molecule has 2 N–H and O–H groups in total. The van der Waals surface area contributed by atoms with Gasteiger partial charge in [-0.2, -0.15) is 0 Å². The standard InChI is InChI=1S/C18H23NO/c1-18(2)11-10-15(19)17(12-18)20-16-9-5-7-13-6-3-4-8-14(13)16/h3-9,15,17H,10-12,19H2,1-2H3. The predicted molar refractivity (Wildman–Crippen MR) is 84.0 cm³/mol. The lowest BCUT2D eigenvalue weighted by Gasteiger charge is -2.39. The van der Waals surface area contributed by atoms with E-state index in [1.807, 2.05) is 0 Å². The summed E-state index contributed by atoms with van der Waals surface area (Å²) in [5.41, 5.74) is 6.59. The van der Waals surface area contributed by atoms with E-state index in [1.54, 1.807) is 0 Å². The van der Waals surface area contributed by atoms with E-state index >= 15 is 0 Å². The Morgan fingerprint density at radius 1 is 1.10 bits per heavy atom. The third-order valence-electron chi connectivity index (χ3n) is 4.41. The van der Waals surface area contributed by atoms with Crippen LogP contribution in [0.2, 0.25) is 0 Å². The van der Waals surface area contributed by atoms with Gasteiger partial charge in [0.25, 0.3) is 0 Å². The maximum absolute atomic E-state index is 6.29. The number of nitrogens with two attached hydrogens (primary N) is 1. The smallest absolute Gasteiger partial charge is 0.127 e. The zero-order valence-electron chi connectivity index (χ0n) is 12.3. The first-order valence-electron chi connectivity index (χ1n) is 7.45. The summed E-state index contributed by atoms with van der Waals surface area (Å²) in [6, 6.07) is 14.7. The molecular weight excluding hydrogens is 246 g/mol. The minimum absolute atomic E-state index is 0.115. The molecule has 0 saturated heterocycles. The van der Waals surface area contributed by atoms with Crippen molar-refractivity contribution in [1.29, 1.82) is 0 Å². The molecule has 1 aliphatic rings. The Balaban J connectivity index is 1.89. The average molecular weight is 269 g/mol. The Hall–Kier alpha value is -1.54. The fourth-order valence-electron chi connectivity index (χ4n) is 3.13. The zero-order chi connectivity index (χ0) is 14.2. The maximum atomic E-state index is 6.29. The summed E-state index contributed by atoms with van der Waals surface area (Å²) in [7, 11) is 0. The van der Waals surface area contributed by atoms with Crippen molar-refractivity contribution in [3.05, 3.63) is 42.5 Å². The van der Waals surface area contributed by atoms with E-state index in [9.17, 15) is 0 Å². The third-order valence-corrected chi connectivity index (χ3v) is 4.41. The third kappa shape index (κ3) is 2.66. The lowest BCUT2D eigenvalue weighted by atomic mass is 9.74. The molecule has 2 unspecified atom stereocenters. The van der Waals surface area contributed by atoms with Crippen molar-refractivity contribution in [3.63, 3.8) is 0 Å². The van der Waals surface area contributed by atoms with E-state index in [1.165, 1.54) is 17.2 Å². The lowest BCUT2D eigenvalue weighted by Crippen LogP contribution is -2.46. The molecule has 2 heteroatoms. The van der Waals surface area contributed by atoms with Gasteiger partial charge in [0.05, 0.1) is 0 Å². The molecule has 2 nitrogen and oxygen atoms in total. The molecule has 20 heavy (non-hydrogen) atoms. The summed E-state index contributed by atoms with van der Waals surface area (Å²) >= 11 is 0. The van der Waals surface area contributed by atoms with Gasteiger partial charge in [-0.1, -0.05) is 50.2 Å². The Bertz CT molecular complexity index is 600. The fourth-order valence-corrected chi connectivity index (χ4v) is 3.13. The molecular formula is C18H23NO. The second-order valence-corrected chi connectivity index (χ2v) is 6.70. The highest BCUT2D eigenvalue weighted by atomic mass is 16.5. The molecule has 1 saturated carbocycles. The number of ether oxygens (including phenoxy) is 1. The zero-order valence-corrected chi connectivity index (χ0v) is 12.3. The van der Waals surface area contributed by atoms with Crippen LogP contribution >= 0.6 is 0 Å². The van der Waals surface area contributed by atoms with E-state index < -0.39 is 0 Å². The first kappa shape index (κ1) is 13.4. The molecule has 0 amide bonds. The number of hydrogen-bond donors (Lipinski definition) is 1. The van der Waals surface area contributed by atoms with Crippen LogP contribution in [0.5, 0.6) is 5.75 Å². The second-order valence-electron chi connectivity index (χ2n) is 6.70. The van der Waals surface area contributed by atoms with E-state index in [-0.39, 0.29) is 12.1 Å². The number of benzene rings is 2.